The van der Waals surface area contributed by atoms with Crippen LogP contribution in [0.5, 0.6) is 0 Å². The fourth-order valence-corrected chi connectivity index (χ4v) is 4.31. The summed E-state index contributed by atoms with van der Waals surface area (Å²) in [5.41, 5.74) is 2.13. The van der Waals surface area contributed by atoms with E-state index in [0.717, 1.165) is 37.9 Å². The van der Waals surface area contributed by atoms with E-state index in [9.17, 15) is 8.42 Å². The number of hydrogen-bond acceptors (Lipinski definition) is 4. The smallest absolute Gasteiger partial charge is 0.182 e. The zero-order valence-electron chi connectivity index (χ0n) is 15.8. The number of allylic oxidation sites excluding steroid dienone is 2. The highest BCUT2D eigenvalue weighted by molar-refractivity contribution is 7.91. The summed E-state index contributed by atoms with van der Waals surface area (Å²) in [6.45, 7) is 5.32. The first-order chi connectivity index (χ1) is 12.5. The van der Waals surface area contributed by atoms with Gasteiger partial charge in [-0.15, -0.1) is 0 Å². The maximum Gasteiger partial charge on any atom is 0.182 e. The Kier molecular flexibility index (Phi) is 8.55. The fourth-order valence-electron chi connectivity index (χ4n) is 2.86. The molecule has 1 aromatic carbocycles. The summed E-state index contributed by atoms with van der Waals surface area (Å²) in [6.07, 6.45) is 9.05. The van der Waals surface area contributed by atoms with Gasteiger partial charge in [-0.05, 0) is 58.1 Å². The van der Waals surface area contributed by atoms with E-state index in [1.54, 1.807) is 24.3 Å². The molecule has 144 valence electrons. The second-order valence-corrected chi connectivity index (χ2v) is 8.83. The van der Waals surface area contributed by atoms with Crippen molar-refractivity contribution in [3.8, 4) is 0 Å². The summed E-state index contributed by atoms with van der Waals surface area (Å²) in [6, 6.07) is 8.61. The summed E-state index contributed by atoms with van der Waals surface area (Å²) in [5, 5.41) is 0. The van der Waals surface area contributed by atoms with Crippen LogP contribution in [0, 0.1) is 0 Å². The van der Waals surface area contributed by atoms with Gasteiger partial charge in [0, 0.05) is 6.61 Å². The van der Waals surface area contributed by atoms with Gasteiger partial charge in [0.1, 0.15) is 0 Å². The minimum absolute atomic E-state index is 0.0573. The van der Waals surface area contributed by atoms with Gasteiger partial charge >= 0.3 is 0 Å². The van der Waals surface area contributed by atoms with E-state index in [1.807, 2.05) is 19.1 Å². The van der Waals surface area contributed by atoms with Crippen molar-refractivity contribution in [2.75, 3.05) is 19.0 Å². The van der Waals surface area contributed by atoms with Crippen molar-refractivity contribution in [2.45, 2.75) is 57.1 Å². The van der Waals surface area contributed by atoms with Gasteiger partial charge in [-0.25, -0.2) is 8.42 Å². The summed E-state index contributed by atoms with van der Waals surface area (Å²) < 4.78 is 35.9. The molecule has 1 heterocycles. The molecule has 1 atom stereocenters. The molecule has 1 saturated heterocycles. The number of benzene rings is 1. The van der Waals surface area contributed by atoms with Crippen LogP contribution < -0.4 is 0 Å². The molecule has 1 aliphatic heterocycles. The van der Waals surface area contributed by atoms with Crippen molar-refractivity contribution < 1.29 is 17.9 Å². The maximum absolute atomic E-state index is 12.4. The molecular formula is C21H30O4S. The molecule has 0 radical (unpaired) electrons. The van der Waals surface area contributed by atoms with Crippen molar-refractivity contribution in [2.24, 2.45) is 0 Å². The Hall–Kier alpha value is -1.43. The van der Waals surface area contributed by atoms with Crippen LogP contribution in [0.1, 0.15) is 46.0 Å². The quantitative estimate of drug-likeness (QED) is 0.586. The lowest BCUT2D eigenvalue weighted by molar-refractivity contribution is -0.155. The van der Waals surface area contributed by atoms with Crippen LogP contribution in [0.4, 0.5) is 0 Å². The van der Waals surface area contributed by atoms with Crippen LogP contribution in [0.25, 0.3) is 0 Å². The largest absolute Gasteiger partial charge is 0.353 e. The Morgan fingerprint density at radius 1 is 1.15 bits per heavy atom. The minimum atomic E-state index is -3.25. The lowest BCUT2D eigenvalue weighted by Gasteiger charge is -2.22. The Labute approximate surface area is 157 Å². The van der Waals surface area contributed by atoms with Gasteiger partial charge in [0.25, 0.3) is 0 Å². The van der Waals surface area contributed by atoms with Gasteiger partial charge in [-0.1, -0.05) is 41.5 Å². The average molecular weight is 379 g/mol. The van der Waals surface area contributed by atoms with E-state index in [0.29, 0.717) is 11.5 Å². The Morgan fingerprint density at radius 3 is 2.62 bits per heavy atom. The van der Waals surface area contributed by atoms with Gasteiger partial charge in [0.15, 0.2) is 16.1 Å². The van der Waals surface area contributed by atoms with Crippen molar-refractivity contribution in [3.63, 3.8) is 0 Å². The standard InChI is InChI=1S/C21H30O4S/c1-18(14-16-25-21-13-6-7-15-24-21)9-8-10-19(2)17-26(22,23)20-11-4-3-5-12-20/h3-5,10-12,14,21H,6-9,13,15-17H2,1-2H3/b18-14+,19-10+. The molecule has 0 N–H and O–H groups in total. The third-order valence-electron chi connectivity index (χ3n) is 4.40. The van der Waals surface area contributed by atoms with Gasteiger partial charge < -0.3 is 9.47 Å². The molecule has 0 saturated carbocycles. The summed E-state index contributed by atoms with van der Waals surface area (Å²) in [4.78, 5) is 0.380. The molecule has 26 heavy (non-hydrogen) atoms. The van der Waals surface area contributed by atoms with E-state index in [4.69, 9.17) is 9.47 Å². The highest BCUT2D eigenvalue weighted by Gasteiger charge is 2.14. The van der Waals surface area contributed by atoms with Gasteiger partial charge in [0.05, 0.1) is 17.3 Å². The molecule has 0 amide bonds. The lowest BCUT2D eigenvalue weighted by Crippen LogP contribution is -2.22. The Bertz CT molecular complexity index is 699. The second kappa shape index (κ2) is 10.7. The first kappa shape index (κ1) is 20.9. The first-order valence-corrected chi connectivity index (χ1v) is 10.9. The van der Waals surface area contributed by atoms with Gasteiger partial charge in [0.2, 0.25) is 0 Å². The van der Waals surface area contributed by atoms with Crippen molar-refractivity contribution in [1.82, 2.24) is 0 Å². The molecule has 4 nitrogen and oxygen atoms in total. The first-order valence-electron chi connectivity index (χ1n) is 9.29. The van der Waals surface area contributed by atoms with Crippen LogP contribution in [-0.4, -0.2) is 33.7 Å². The van der Waals surface area contributed by atoms with Crippen LogP contribution in [0.3, 0.4) is 0 Å². The SMILES string of the molecule is C/C(=C\COC1CCCCO1)CC/C=C(\C)CS(=O)(=O)c1ccccc1. The topological polar surface area (TPSA) is 52.6 Å². The number of hydrogen-bond donors (Lipinski definition) is 0. The molecule has 1 unspecified atom stereocenters. The average Bonchev–Trinajstić information content (AvgIpc) is 2.63. The summed E-state index contributed by atoms with van der Waals surface area (Å²) in [5.74, 6) is 0.0713. The van der Waals surface area contributed by atoms with E-state index in [2.05, 4.69) is 13.0 Å². The molecule has 0 spiro atoms. The molecule has 2 rings (SSSR count). The van der Waals surface area contributed by atoms with E-state index >= 15 is 0 Å². The number of rotatable bonds is 9. The Morgan fingerprint density at radius 2 is 1.92 bits per heavy atom. The predicted molar refractivity (Wildman–Crippen MR) is 105 cm³/mol. The van der Waals surface area contributed by atoms with E-state index < -0.39 is 9.84 Å². The van der Waals surface area contributed by atoms with Crippen LogP contribution in [0.2, 0.25) is 0 Å². The molecule has 0 aromatic heterocycles. The maximum atomic E-state index is 12.4. The zero-order chi connectivity index (χ0) is 18.8. The summed E-state index contributed by atoms with van der Waals surface area (Å²) in [7, 11) is -3.25. The molecule has 1 fully saturated rings. The van der Waals surface area contributed by atoms with Crippen molar-refractivity contribution in [3.05, 3.63) is 53.6 Å². The lowest BCUT2D eigenvalue weighted by atomic mass is 10.1. The number of ether oxygens (including phenoxy) is 2. The normalized spacial score (nSPS) is 19.5. The minimum Gasteiger partial charge on any atom is -0.353 e. The third kappa shape index (κ3) is 7.44. The molecule has 0 aliphatic carbocycles. The second-order valence-electron chi connectivity index (χ2n) is 6.84. The molecular weight excluding hydrogens is 348 g/mol. The van der Waals surface area contributed by atoms with Crippen LogP contribution in [-0.2, 0) is 19.3 Å². The highest BCUT2D eigenvalue weighted by atomic mass is 32.2. The predicted octanol–water partition coefficient (Wildman–Crippen LogP) is 4.68. The Balaban J connectivity index is 1.73. The third-order valence-corrected chi connectivity index (χ3v) is 6.23. The van der Waals surface area contributed by atoms with Gasteiger partial charge in [-0.2, -0.15) is 0 Å². The molecule has 5 heteroatoms. The van der Waals surface area contributed by atoms with E-state index in [-0.39, 0.29) is 12.0 Å². The monoisotopic (exact) mass is 378 g/mol. The number of sulfone groups is 1. The molecule has 0 bridgehead atoms. The molecule has 1 aromatic rings. The van der Waals surface area contributed by atoms with Gasteiger partial charge in [-0.3, -0.25) is 0 Å². The van der Waals surface area contributed by atoms with Crippen LogP contribution in [0.15, 0.2) is 58.5 Å². The molecule has 1 aliphatic rings. The zero-order valence-corrected chi connectivity index (χ0v) is 16.6. The fraction of sp³-hybridized carbons (Fsp3) is 0.524. The van der Waals surface area contributed by atoms with E-state index in [1.165, 1.54) is 12.0 Å². The highest BCUT2D eigenvalue weighted by Crippen LogP contribution is 2.16. The van der Waals surface area contributed by atoms with Crippen LogP contribution >= 0.6 is 0 Å². The van der Waals surface area contributed by atoms with Crippen molar-refractivity contribution in [1.29, 1.82) is 0 Å². The van der Waals surface area contributed by atoms with Crippen molar-refractivity contribution >= 4 is 9.84 Å². The summed E-state index contributed by atoms with van der Waals surface area (Å²) >= 11 is 0.